The highest BCUT2D eigenvalue weighted by molar-refractivity contribution is 6.01. The predicted octanol–water partition coefficient (Wildman–Crippen LogP) is 2.05. The molecule has 8 heteroatoms. The number of carbonyl (C=O) groups excluding carboxylic acids is 1. The van der Waals surface area contributed by atoms with E-state index in [1.165, 1.54) is 24.4 Å². The Labute approximate surface area is 138 Å². The highest BCUT2D eigenvalue weighted by Gasteiger charge is 2.03. The maximum absolute atomic E-state index is 11.8. The SMILES string of the molecule is O=C(/C=C/c1ccc([N+](=O)[O-])cc1)Nc1ccc(NCCO)nc1. The third kappa shape index (κ3) is 5.18. The number of aliphatic hydroxyl groups is 1. The lowest BCUT2D eigenvalue weighted by Crippen LogP contribution is -2.09. The second kappa shape index (κ2) is 8.39. The predicted molar refractivity (Wildman–Crippen MR) is 90.6 cm³/mol. The van der Waals surface area contributed by atoms with Crippen molar-refractivity contribution in [2.24, 2.45) is 0 Å². The van der Waals surface area contributed by atoms with Crippen LogP contribution in [0.4, 0.5) is 17.2 Å². The van der Waals surface area contributed by atoms with Crippen LogP contribution in [-0.2, 0) is 4.79 Å². The van der Waals surface area contributed by atoms with E-state index in [-0.39, 0.29) is 18.2 Å². The number of aliphatic hydroxyl groups excluding tert-OH is 1. The first kappa shape index (κ1) is 17.1. The van der Waals surface area contributed by atoms with Gasteiger partial charge in [-0.2, -0.15) is 0 Å². The molecular weight excluding hydrogens is 312 g/mol. The summed E-state index contributed by atoms with van der Waals surface area (Å²) in [4.78, 5) is 26.0. The summed E-state index contributed by atoms with van der Waals surface area (Å²) in [6.07, 6.45) is 4.39. The molecule has 124 valence electrons. The van der Waals surface area contributed by atoms with Crippen LogP contribution in [0.3, 0.4) is 0 Å². The van der Waals surface area contributed by atoms with Gasteiger partial charge in [0.15, 0.2) is 0 Å². The Morgan fingerprint density at radius 2 is 2.00 bits per heavy atom. The van der Waals surface area contributed by atoms with Crippen molar-refractivity contribution in [3.05, 3.63) is 64.3 Å². The van der Waals surface area contributed by atoms with Gasteiger partial charge in [0.25, 0.3) is 5.69 Å². The van der Waals surface area contributed by atoms with Gasteiger partial charge < -0.3 is 15.7 Å². The van der Waals surface area contributed by atoms with Crippen molar-refractivity contribution >= 4 is 29.2 Å². The average Bonchev–Trinajstić information content (AvgIpc) is 2.59. The van der Waals surface area contributed by atoms with Crippen LogP contribution < -0.4 is 10.6 Å². The topological polar surface area (TPSA) is 117 Å². The highest BCUT2D eigenvalue weighted by Crippen LogP contribution is 2.13. The first-order valence-corrected chi connectivity index (χ1v) is 7.13. The molecule has 0 spiro atoms. The molecule has 0 saturated carbocycles. The Hall–Kier alpha value is -3.26. The smallest absolute Gasteiger partial charge is 0.269 e. The van der Waals surface area contributed by atoms with E-state index in [4.69, 9.17) is 5.11 Å². The van der Waals surface area contributed by atoms with Crippen LogP contribution >= 0.6 is 0 Å². The molecule has 1 aromatic carbocycles. The third-order valence-corrected chi connectivity index (χ3v) is 2.98. The fraction of sp³-hybridized carbons (Fsp3) is 0.125. The van der Waals surface area contributed by atoms with E-state index in [1.807, 2.05) is 0 Å². The quantitative estimate of drug-likeness (QED) is 0.407. The van der Waals surface area contributed by atoms with Crippen LogP contribution in [0.1, 0.15) is 5.56 Å². The zero-order chi connectivity index (χ0) is 17.4. The minimum Gasteiger partial charge on any atom is -0.395 e. The molecule has 0 radical (unpaired) electrons. The largest absolute Gasteiger partial charge is 0.395 e. The van der Waals surface area contributed by atoms with Crippen molar-refractivity contribution in [3.63, 3.8) is 0 Å². The Kier molecular flexibility index (Phi) is 5.98. The molecule has 0 aliphatic rings. The summed E-state index contributed by atoms with van der Waals surface area (Å²) < 4.78 is 0. The molecule has 1 amide bonds. The molecule has 3 N–H and O–H groups in total. The zero-order valence-corrected chi connectivity index (χ0v) is 12.7. The van der Waals surface area contributed by atoms with E-state index < -0.39 is 4.92 Å². The maximum atomic E-state index is 11.8. The maximum Gasteiger partial charge on any atom is 0.269 e. The highest BCUT2D eigenvalue weighted by atomic mass is 16.6. The second-order valence-corrected chi connectivity index (χ2v) is 4.75. The van der Waals surface area contributed by atoms with Gasteiger partial charge in [0.2, 0.25) is 5.91 Å². The molecule has 2 aromatic rings. The number of nitro groups is 1. The van der Waals surface area contributed by atoms with Crippen LogP contribution in [-0.4, -0.2) is 34.1 Å². The number of amides is 1. The fourth-order valence-electron chi connectivity index (χ4n) is 1.82. The van der Waals surface area contributed by atoms with Crippen LogP contribution in [0, 0.1) is 10.1 Å². The van der Waals surface area contributed by atoms with Gasteiger partial charge in [-0.25, -0.2) is 4.98 Å². The van der Waals surface area contributed by atoms with Crippen LogP contribution in [0.15, 0.2) is 48.7 Å². The van der Waals surface area contributed by atoms with Gasteiger partial charge in [0, 0.05) is 24.8 Å². The minimum absolute atomic E-state index is 0.00225. The molecule has 0 saturated heterocycles. The third-order valence-electron chi connectivity index (χ3n) is 2.98. The molecule has 0 aliphatic heterocycles. The fourth-order valence-corrected chi connectivity index (χ4v) is 1.82. The van der Waals surface area contributed by atoms with E-state index in [1.54, 1.807) is 30.3 Å². The van der Waals surface area contributed by atoms with Crippen LogP contribution in [0.2, 0.25) is 0 Å². The van der Waals surface area contributed by atoms with Crippen LogP contribution in [0.5, 0.6) is 0 Å². The molecule has 0 unspecified atom stereocenters. The standard InChI is InChI=1S/C16H16N4O4/c21-10-9-17-15-7-4-13(11-18-15)19-16(22)8-3-12-1-5-14(6-2-12)20(23)24/h1-8,11,21H,9-10H2,(H,17,18)(H,19,22)/b8-3+. The molecule has 0 atom stereocenters. The number of hydrogen-bond donors (Lipinski definition) is 3. The van der Waals surface area contributed by atoms with Gasteiger partial charge in [-0.05, 0) is 35.9 Å². The average molecular weight is 328 g/mol. The summed E-state index contributed by atoms with van der Waals surface area (Å²) in [7, 11) is 0. The van der Waals surface area contributed by atoms with E-state index in [2.05, 4.69) is 15.6 Å². The van der Waals surface area contributed by atoms with Gasteiger partial charge in [0.1, 0.15) is 5.82 Å². The van der Waals surface area contributed by atoms with E-state index in [0.29, 0.717) is 23.6 Å². The zero-order valence-electron chi connectivity index (χ0n) is 12.7. The molecule has 0 aliphatic carbocycles. The summed E-state index contributed by atoms with van der Waals surface area (Å²) in [5, 5.41) is 24.8. The Morgan fingerprint density at radius 1 is 1.25 bits per heavy atom. The molecule has 0 bridgehead atoms. The van der Waals surface area contributed by atoms with Crippen molar-refractivity contribution < 1.29 is 14.8 Å². The number of aromatic nitrogens is 1. The van der Waals surface area contributed by atoms with Gasteiger partial charge in [0.05, 0.1) is 23.4 Å². The lowest BCUT2D eigenvalue weighted by molar-refractivity contribution is -0.384. The van der Waals surface area contributed by atoms with E-state index >= 15 is 0 Å². The monoisotopic (exact) mass is 328 g/mol. The number of hydrogen-bond acceptors (Lipinski definition) is 6. The molecule has 8 nitrogen and oxygen atoms in total. The molecule has 24 heavy (non-hydrogen) atoms. The first-order chi connectivity index (χ1) is 11.6. The first-order valence-electron chi connectivity index (χ1n) is 7.13. The van der Waals surface area contributed by atoms with Crippen molar-refractivity contribution in [1.82, 2.24) is 4.98 Å². The molecule has 1 heterocycles. The summed E-state index contributed by atoms with van der Waals surface area (Å²) >= 11 is 0. The summed E-state index contributed by atoms with van der Waals surface area (Å²) in [5.74, 6) is 0.259. The number of nitrogens with zero attached hydrogens (tertiary/aromatic N) is 2. The number of anilines is 2. The Bertz CT molecular complexity index is 727. The lowest BCUT2D eigenvalue weighted by Gasteiger charge is -2.05. The second-order valence-electron chi connectivity index (χ2n) is 4.75. The van der Waals surface area contributed by atoms with Crippen molar-refractivity contribution in [2.75, 3.05) is 23.8 Å². The number of pyridine rings is 1. The number of rotatable bonds is 7. The molecule has 0 fully saturated rings. The summed E-state index contributed by atoms with van der Waals surface area (Å²) in [5.41, 5.74) is 1.21. The van der Waals surface area contributed by atoms with Crippen molar-refractivity contribution in [2.45, 2.75) is 0 Å². The van der Waals surface area contributed by atoms with E-state index in [9.17, 15) is 14.9 Å². The lowest BCUT2D eigenvalue weighted by atomic mass is 10.2. The minimum atomic E-state index is -0.480. The molecule has 1 aromatic heterocycles. The number of benzene rings is 1. The number of carbonyl (C=O) groups is 1. The number of non-ortho nitro benzene ring substituents is 1. The summed E-state index contributed by atoms with van der Waals surface area (Å²) in [6.45, 7) is 0.407. The van der Waals surface area contributed by atoms with Gasteiger partial charge in [-0.1, -0.05) is 0 Å². The van der Waals surface area contributed by atoms with Crippen molar-refractivity contribution in [3.8, 4) is 0 Å². The van der Waals surface area contributed by atoms with Gasteiger partial charge in [-0.15, -0.1) is 0 Å². The van der Waals surface area contributed by atoms with E-state index in [0.717, 1.165) is 0 Å². The van der Waals surface area contributed by atoms with Crippen LogP contribution in [0.25, 0.3) is 6.08 Å². The summed E-state index contributed by atoms with van der Waals surface area (Å²) in [6, 6.07) is 9.24. The van der Waals surface area contributed by atoms with Gasteiger partial charge in [-0.3, -0.25) is 14.9 Å². The molecular formula is C16H16N4O4. The Morgan fingerprint density at radius 3 is 2.58 bits per heavy atom. The van der Waals surface area contributed by atoms with Crippen molar-refractivity contribution in [1.29, 1.82) is 0 Å². The Balaban J connectivity index is 1.91. The van der Waals surface area contributed by atoms with Gasteiger partial charge >= 0.3 is 0 Å². The number of nitro benzene ring substituents is 1. The normalized spacial score (nSPS) is 10.5. The number of nitrogens with one attached hydrogen (secondary N) is 2. The molecule has 2 rings (SSSR count).